The lowest BCUT2D eigenvalue weighted by Gasteiger charge is -2.28. The largest absolute Gasteiger partial charge is 0.331 e. The highest BCUT2D eigenvalue weighted by molar-refractivity contribution is 5.91. The minimum Gasteiger partial charge on any atom is -0.331 e. The van der Waals surface area contributed by atoms with E-state index in [2.05, 4.69) is 33.0 Å². The second-order valence-electron chi connectivity index (χ2n) is 6.10. The maximum absolute atomic E-state index is 12.4. The Balaban J connectivity index is 2.69. The summed E-state index contributed by atoms with van der Waals surface area (Å²) in [5, 5.41) is 3.35. The fourth-order valence-corrected chi connectivity index (χ4v) is 2.59. The monoisotopic (exact) mass is 268 g/mol. The molecule has 1 aliphatic rings. The molecule has 0 aromatic rings. The molecule has 3 atom stereocenters. The number of nitrogens with zero attached hydrogens (tertiary/aromatic N) is 1. The number of nitrogens with one attached hydrogen (secondary N) is 1. The van der Waals surface area contributed by atoms with Gasteiger partial charge in [-0.05, 0) is 39.0 Å². The molecule has 0 saturated carbocycles. The van der Waals surface area contributed by atoms with Crippen molar-refractivity contribution < 1.29 is 9.59 Å². The highest BCUT2D eigenvalue weighted by Gasteiger charge is 2.37. The van der Waals surface area contributed by atoms with Crippen LogP contribution in [0.3, 0.4) is 0 Å². The molecule has 1 unspecified atom stereocenters. The SMILES string of the molecule is CCC(C)N[C@H]1CCN([C@@H](CC(C)C)C(C)=O)C1=O. The Morgan fingerprint density at radius 1 is 1.42 bits per heavy atom. The Labute approximate surface area is 116 Å². The molecule has 1 rings (SSSR count). The van der Waals surface area contributed by atoms with Crippen molar-refractivity contribution in [3.63, 3.8) is 0 Å². The van der Waals surface area contributed by atoms with Gasteiger partial charge in [-0.3, -0.25) is 9.59 Å². The minimum absolute atomic E-state index is 0.0983. The van der Waals surface area contributed by atoms with Gasteiger partial charge in [-0.25, -0.2) is 0 Å². The van der Waals surface area contributed by atoms with E-state index >= 15 is 0 Å². The number of ketones is 1. The predicted octanol–water partition coefficient (Wildman–Crippen LogP) is 1.98. The normalized spacial score (nSPS) is 22.9. The summed E-state index contributed by atoms with van der Waals surface area (Å²) < 4.78 is 0. The summed E-state index contributed by atoms with van der Waals surface area (Å²) >= 11 is 0. The van der Waals surface area contributed by atoms with E-state index in [1.165, 1.54) is 0 Å². The molecule has 4 nitrogen and oxygen atoms in total. The maximum Gasteiger partial charge on any atom is 0.240 e. The zero-order valence-corrected chi connectivity index (χ0v) is 12.9. The number of carbonyl (C=O) groups excluding carboxylic acids is 2. The van der Waals surface area contributed by atoms with Gasteiger partial charge in [0, 0.05) is 12.6 Å². The summed E-state index contributed by atoms with van der Waals surface area (Å²) in [5.41, 5.74) is 0. The lowest BCUT2D eigenvalue weighted by molar-refractivity contribution is -0.137. The third-order valence-corrected chi connectivity index (χ3v) is 3.88. The fraction of sp³-hybridized carbons (Fsp3) is 0.867. The van der Waals surface area contributed by atoms with Crippen LogP contribution in [-0.2, 0) is 9.59 Å². The molecule has 0 spiro atoms. The topological polar surface area (TPSA) is 49.4 Å². The standard InChI is InChI=1S/C15H28N2O2/c1-6-11(4)16-13-7-8-17(15(13)19)14(12(5)18)9-10(2)3/h10-11,13-14,16H,6-9H2,1-5H3/t11?,13-,14-/m0/s1. The van der Waals surface area contributed by atoms with Gasteiger partial charge in [0.15, 0.2) is 5.78 Å². The molecule has 0 aromatic carbocycles. The number of likely N-dealkylation sites (tertiary alicyclic amines) is 1. The van der Waals surface area contributed by atoms with Gasteiger partial charge >= 0.3 is 0 Å². The van der Waals surface area contributed by atoms with Crippen molar-refractivity contribution in [2.24, 2.45) is 5.92 Å². The highest BCUT2D eigenvalue weighted by atomic mass is 16.2. The molecule has 1 aliphatic heterocycles. The van der Waals surface area contributed by atoms with E-state index in [1.54, 1.807) is 11.8 Å². The minimum atomic E-state index is -0.240. The van der Waals surface area contributed by atoms with Crippen molar-refractivity contribution in [2.45, 2.75) is 72.0 Å². The summed E-state index contributed by atoms with van der Waals surface area (Å²) in [5.74, 6) is 0.621. The molecule has 0 radical (unpaired) electrons. The first-order valence-corrected chi connectivity index (χ1v) is 7.43. The maximum atomic E-state index is 12.4. The van der Waals surface area contributed by atoms with Crippen LogP contribution in [0, 0.1) is 5.92 Å². The lowest BCUT2D eigenvalue weighted by Crippen LogP contribution is -2.47. The predicted molar refractivity (Wildman–Crippen MR) is 76.9 cm³/mol. The van der Waals surface area contributed by atoms with Gasteiger partial charge in [0.05, 0.1) is 12.1 Å². The second-order valence-corrected chi connectivity index (χ2v) is 6.10. The number of hydrogen-bond acceptors (Lipinski definition) is 3. The van der Waals surface area contributed by atoms with E-state index in [0.717, 1.165) is 19.3 Å². The van der Waals surface area contributed by atoms with Crippen molar-refractivity contribution >= 4 is 11.7 Å². The summed E-state index contributed by atoms with van der Waals surface area (Å²) in [6.07, 6.45) is 2.58. The van der Waals surface area contributed by atoms with Crippen molar-refractivity contribution in [3.05, 3.63) is 0 Å². The van der Waals surface area contributed by atoms with E-state index in [4.69, 9.17) is 0 Å². The van der Waals surface area contributed by atoms with E-state index in [1.807, 2.05) is 0 Å². The van der Waals surface area contributed by atoms with Crippen LogP contribution in [0.4, 0.5) is 0 Å². The zero-order valence-electron chi connectivity index (χ0n) is 12.9. The Hall–Kier alpha value is -0.900. The first-order chi connectivity index (χ1) is 8.86. The Morgan fingerprint density at radius 3 is 2.53 bits per heavy atom. The van der Waals surface area contributed by atoms with Gasteiger partial charge < -0.3 is 10.2 Å². The van der Waals surface area contributed by atoms with Crippen molar-refractivity contribution in [2.75, 3.05) is 6.54 Å². The lowest BCUT2D eigenvalue weighted by atomic mass is 10.00. The van der Waals surface area contributed by atoms with E-state index in [0.29, 0.717) is 18.5 Å². The molecule has 0 aliphatic carbocycles. The molecule has 1 saturated heterocycles. The van der Waals surface area contributed by atoms with Gasteiger partial charge in [-0.2, -0.15) is 0 Å². The molecule has 1 N–H and O–H groups in total. The second kappa shape index (κ2) is 7.04. The third kappa shape index (κ3) is 4.30. The van der Waals surface area contributed by atoms with Crippen molar-refractivity contribution in [1.29, 1.82) is 0 Å². The molecule has 1 amide bonds. The third-order valence-electron chi connectivity index (χ3n) is 3.88. The van der Waals surface area contributed by atoms with Crippen LogP contribution in [0.1, 0.15) is 53.9 Å². The van der Waals surface area contributed by atoms with Crippen LogP contribution in [0.5, 0.6) is 0 Å². The Bertz CT molecular complexity index is 328. The number of rotatable bonds is 7. The molecular weight excluding hydrogens is 240 g/mol. The average Bonchev–Trinajstić information content (AvgIpc) is 2.67. The van der Waals surface area contributed by atoms with Crippen LogP contribution in [0.25, 0.3) is 0 Å². The van der Waals surface area contributed by atoms with Crippen LogP contribution < -0.4 is 5.32 Å². The molecule has 19 heavy (non-hydrogen) atoms. The van der Waals surface area contributed by atoms with E-state index in [-0.39, 0.29) is 23.8 Å². The van der Waals surface area contributed by atoms with Gasteiger partial charge in [-0.15, -0.1) is 0 Å². The zero-order chi connectivity index (χ0) is 14.6. The molecular formula is C15H28N2O2. The summed E-state index contributed by atoms with van der Waals surface area (Å²) in [6, 6.07) is -0.00466. The summed E-state index contributed by atoms with van der Waals surface area (Å²) in [7, 11) is 0. The summed E-state index contributed by atoms with van der Waals surface area (Å²) in [6.45, 7) is 10.7. The van der Waals surface area contributed by atoms with Gasteiger partial charge in [-0.1, -0.05) is 20.8 Å². The quantitative estimate of drug-likeness (QED) is 0.768. The molecule has 1 fully saturated rings. The first kappa shape index (κ1) is 16.2. The Morgan fingerprint density at radius 2 is 2.05 bits per heavy atom. The van der Waals surface area contributed by atoms with Crippen molar-refractivity contribution in [3.8, 4) is 0 Å². The van der Waals surface area contributed by atoms with Gasteiger partial charge in [0.25, 0.3) is 0 Å². The number of carbonyl (C=O) groups is 2. The molecule has 0 aromatic heterocycles. The molecule has 4 heteroatoms. The number of amides is 1. The summed E-state index contributed by atoms with van der Waals surface area (Å²) in [4.78, 5) is 26.0. The van der Waals surface area contributed by atoms with Crippen LogP contribution in [0.15, 0.2) is 0 Å². The van der Waals surface area contributed by atoms with Crippen LogP contribution in [-0.4, -0.2) is 41.3 Å². The Kier molecular flexibility index (Phi) is 5.98. The highest BCUT2D eigenvalue weighted by Crippen LogP contribution is 2.20. The van der Waals surface area contributed by atoms with E-state index in [9.17, 15) is 9.59 Å². The first-order valence-electron chi connectivity index (χ1n) is 7.43. The van der Waals surface area contributed by atoms with E-state index < -0.39 is 0 Å². The fourth-order valence-electron chi connectivity index (χ4n) is 2.59. The number of hydrogen-bond donors (Lipinski definition) is 1. The number of Topliss-reactive ketones (excluding diaryl/α,β-unsaturated/α-hetero) is 1. The van der Waals surface area contributed by atoms with Crippen LogP contribution >= 0.6 is 0 Å². The molecule has 110 valence electrons. The average molecular weight is 268 g/mol. The molecule has 0 bridgehead atoms. The van der Waals surface area contributed by atoms with Gasteiger partial charge in [0.2, 0.25) is 5.91 Å². The van der Waals surface area contributed by atoms with Crippen molar-refractivity contribution in [1.82, 2.24) is 10.2 Å². The smallest absolute Gasteiger partial charge is 0.240 e. The van der Waals surface area contributed by atoms with Crippen LogP contribution in [0.2, 0.25) is 0 Å². The molecule has 1 heterocycles. The van der Waals surface area contributed by atoms with Gasteiger partial charge in [0.1, 0.15) is 0 Å².